The van der Waals surface area contributed by atoms with Crippen LogP contribution in [0.1, 0.15) is 43.1 Å². The molecule has 0 saturated carbocycles. The maximum Gasteiger partial charge on any atom is 0.131 e. The zero-order chi connectivity index (χ0) is 13.1. The SMILES string of the molecule is CC(=O)CCN1CCCCc2nc(C)c(C)cc21. The lowest BCUT2D eigenvalue weighted by Crippen LogP contribution is -2.27. The first-order valence-corrected chi connectivity index (χ1v) is 6.79. The highest BCUT2D eigenvalue weighted by Gasteiger charge is 2.17. The summed E-state index contributed by atoms with van der Waals surface area (Å²) in [5.74, 6) is 0.262. The molecule has 1 aliphatic heterocycles. The zero-order valence-electron chi connectivity index (χ0n) is 11.6. The quantitative estimate of drug-likeness (QED) is 0.822. The van der Waals surface area contributed by atoms with E-state index in [0.29, 0.717) is 6.42 Å². The van der Waals surface area contributed by atoms with Crippen LogP contribution in [0.4, 0.5) is 5.69 Å². The number of aromatic nitrogens is 1. The third-order valence-corrected chi connectivity index (χ3v) is 3.69. The maximum atomic E-state index is 11.2. The number of carbonyl (C=O) groups is 1. The predicted octanol–water partition coefficient (Wildman–Crippen LogP) is 2.82. The number of ketones is 1. The number of fused-ring (bicyclic) bond motifs is 1. The van der Waals surface area contributed by atoms with E-state index in [2.05, 4.69) is 24.8 Å². The van der Waals surface area contributed by atoms with Crippen LogP contribution in [0.5, 0.6) is 0 Å². The van der Waals surface area contributed by atoms with Crippen molar-refractivity contribution in [2.24, 2.45) is 0 Å². The summed E-state index contributed by atoms with van der Waals surface area (Å²) >= 11 is 0. The van der Waals surface area contributed by atoms with Gasteiger partial charge in [-0.1, -0.05) is 0 Å². The number of carbonyl (C=O) groups excluding carboxylic acids is 1. The fourth-order valence-corrected chi connectivity index (χ4v) is 2.44. The number of Topliss-reactive ketones (excluding diaryl/α,β-unsaturated/α-hetero) is 1. The van der Waals surface area contributed by atoms with E-state index in [1.165, 1.54) is 29.8 Å². The first-order valence-electron chi connectivity index (χ1n) is 6.79. The number of aryl methyl sites for hydroxylation is 3. The Bertz CT molecular complexity index is 454. The number of pyridine rings is 1. The summed E-state index contributed by atoms with van der Waals surface area (Å²) in [6.07, 6.45) is 4.07. The molecule has 0 radical (unpaired) electrons. The van der Waals surface area contributed by atoms with Crippen molar-refractivity contribution < 1.29 is 4.79 Å². The molecule has 0 spiro atoms. The van der Waals surface area contributed by atoms with Gasteiger partial charge in [0, 0.05) is 25.2 Å². The van der Waals surface area contributed by atoms with Crippen LogP contribution >= 0.6 is 0 Å². The van der Waals surface area contributed by atoms with Gasteiger partial charge in [-0.3, -0.25) is 9.78 Å². The van der Waals surface area contributed by atoms with Crippen molar-refractivity contribution in [3.8, 4) is 0 Å². The predicted molar refractivity (Wildman–Crippen MR) is 74.2 cm³/mol. The largest absolute Gasteiger partial charge is 0.370 e. The highest BCUT2D eigenvalue weighted by atomic mass is 16.1. The van der Waals surface area contributed by atoms with Gasteiger partial charge in [-0.15, -0.1) is 0 Å². The average Bonchev–Trinajstić information content (AvgIpc) is 2.50. The molecule has 1 aliphatic rings. The van der Waals surface area contributed by atoms with E-state index in [9.17, 15) is 4.79 Å². The van der Waals surface area contributed by atoms with E-state index in [4.69, 9.17) is 4.98 Å². The number of hydrogen-bond acceptors (Lipinski definition) is 3. The fourth-order valence-electron chi connectivity index (χ4n) is 2.44. The third kappa shape index (κ3) is 2.89. The second-order valence-electron chi connectivity index (χ2n) is 5.25. The van der Waals surface area contributed by atoms with Crippen LogP contribution in [0.15, 0.2) is 6.07 Å². The number of rotatable bonds is 3. The first-order chi connectivity index (χ1) is 8.58. The molecule has 0 aromatic carbocycles. The van der Waals surface area contributed by atoms with E-state index in [1.54, 1.807) is 6.92 Å². The van der Waals surface area contributed by atoms with E-state index >= 15 is 0 Å². The Kier molecular flexibility index (Phi) is 4.00. The van der Waals surface area contributed by atoms with Crippen LogP contribution in [0.2, 0.25) is 0 Å². The van der Waals surface area contributed by atoms with Gasteiger partial charge >= 0.3 is 0 Å². The third-order valence-electron chi connectivity index (χ3n) is 3.69. The van der Waals surface area contributed by atoms with Crippen LogP contribution < -0.4 is 4.90 Å². The highest BCUT2D eigenvalue weighted by molar-refractivity contribution is 5.76. The first kappa shape index (κ1) is 13.1. The Morgan fingerprint density at radius 3 is 2.89 bits per heavy atom. The Morgan fingerprint density at radius 1 is 1.39 bits per heavy atom. The Hall–Kier alpha value is -1.38. The van der Waals surface area contributed by atoms with Gasteiger partial charge in [-0.25, -0.2) is 0 Å². The molecule has 0 saturated heterocycles. The summed E-state index contributed by atoms with van der Waals surface area (Å²) in [4.78, 5) is 18.2. The van der Waals surface area contributed by atoms with Crippen LogP contribution in [-0.4, -0.2) is 23.9 Å². The summed E-state index contributed by atoms with van der Waals surface area (Å²) in [6, 6.07) is 2.24. The fraction of sp³-hybridized carbons (Fsp3) is 0.600. The van der Waals surface area contributed by atoms with Gasteiger partial charge in [0.2, 0.25) is 0 Å². The minimum Gasteiger partial charge on any atom is -0.370 e. The minimum atomic E-state index is 0.262. The number of anilines is 1. The summed E-state index contributed by atoms with van der Waals surface area (Å²) in [5.41, 5.74) is 4.82. The van der Waals surface area contributed by atoms with Gasteiger partial charge in [0.25, 0.3) is 0 Å². The molecule has 2 rings (SSSR count). The lowest BCUT2D eigenvalue weighted by atomic mass is 10.1. The average molecular weight is 246 g/mol. The van der Waals surface area contributed by atoms with E-state index < -0.39 is 0 Å². The van der Waals surface area contributed by atoms with Crippen molar-refractivity contribution in [1.82, 2.24) is 4.98 Å². The molecule has 0 N–H and O–H groups in total. The van der Waals surface area contributed by atoms with Gasteiger partial charge in [0.15, 0.2) is 0 Å². The van der Waals surface area contributed by atoms with E-state index in [0.717, 1.165) is 25.2 Å². The van der Waals surface area contributed by atoms with Crippen LogP contribution in [-0.2, 0) is 11.2 Å². The van der Waals surface area contributed by atoms with Crippen molar-refractivity contribution in [1.29, 1.82) is 0 Å². The molecule has 1 aromatic rings. The van der Waals surface area contributed by atoms with Crippen molar-refractivity contribution in [3.63, 3.8) is 0 Å². The second-order valence-corrected chi connectivity index (χ2v) is 5.25. The van der Waals surface area contributed by atoms with Crippen molar-refractivity contribution in [2.75, 3.05) is 18.0 Å². The summed E-state index contributed by atoms with van der Waals surface area (Å²) < 4.78 is 0. The molecule has 98 valence electrons. The smallest absolute Gasteiger partial charge is 0.131 e. The van der Waals surface area contributed by atoms with Crippen LogP contribution in [0.25, 0.3) is 0 Å². The molecule has 3 nitrogen and oxygen atoms in total. The van der Waals surface area contributed by atoms with Gasteiger partial charge in [0.1, 0.15) is 5.78 Å². The molecule has 3 heteroatoms. The van der Waals surface area contributed by atoms with Gasteiger partial charge < -0.3 is 4.90 Å². The molecular formula is C15H22N2O. The topological polar surface area (TPSA) is 33.2 Å². The summed E-state index contributed by atoms with van der Waals surface area (Å²) in [5, 5.41) is 0. The minimum absolute atomic E-state index is 0.262. The maximum absolute atomic E-state index is 11.2. The monoisotopic (exact) mass is 246 g/mol. The molecule has 0 fully saturated rings. The second kappa shape index (κ2) is 5.51. The van der Waals surface area contributed by atoms with Crippen LogP contribution in [0.3, 0.4) is 0 Å². The van der Waals surface area contributed by atoms with Crippen molar-refractivity contribution in [2.45, 2.75) is 46.5 Å². The number of hydrogen-bond donors (Lipinski definition) is 0. The summed E-state index contributed by atoms with van der Waals surface area (Å²) in [7, 11) is 0. The lowest BCUT2D eigenvalue weighted by Gasteiger charge is -2.24. The van der Waals surface area contributed by atoms with Crippen molar-refractivity contribution in [3.05, 3.63) is 23.0 Å². The molecule has 2 heterocycles. The molecular weight excluding hydrogens is 224 g/mol. The Labute approximate surface area is 109 Å². The zero-order valence-corrected chi connectivity index (χ0v) is 11.6. The van der Waals surface area contributed by atoms with Gasteiger partial charge in [-0.2, -0.15) is 0 Å². The normalized spacial score (nSPS) is 15.2. The Balaban J connectivity index is 2.28. The molecule has 0 bridgehead atoms. The lowest BCUT2D eigenvalue weighted by molar-refractivity contribution is -0.116. The van der Waals surface area contributed by atoms with Gasteiger partial charge in [0.05, 0.1) is 11.4 Å². The molecule has 1 aromatic heterocycles. The van der Waals surface area contributed by atoms with Crippen LogP contribution in [0, 0.1) is 13.8 Å². The molecule has 0 unspecified atom stereocenters. The highest BCUT2D eigenvalue weighted by Crippen LogP contribution is 2.27. The standard InChI is InChI=1S/C15H22N2O/c1-11-10-15-14(16-13(11)3)6-4-5-8-17(15)9-7-12(2)18/h10H,4-9H2,1-3H3. The van der Waals surface area contributed by atoms with E-state index in [1.807, 2.05) is 0 Å². The van der Waals surface area contributed by atoms with Crippen molar-refractivity contribution >= 4 is 11.5 Å². The molecule has 18 heavy (non-hydrogen) atoms. The number of nitrogens with zero attached hydrogens (tertiary/aromatic N) is 2. The van der Waals surface area contributed by atoms with Gasteiger partial charge in [-0.05, 0) is 51.7 Å². The molecule has 0 aliphatic carbocycles. The molecule has 0 atom stereocenters. The van der Waals surface area contributed by atoms with E-state index in [-0.39, 0.29) is 5.78 Å². The molecule has 0 amide bonds. The summed E-state index contributed by atoms with van der Waals surface area (Å²) in [6.45, 7) is 7.71. The Morgan fingerprint density at radius 2 is 2.17 bits per heavy atom.